The van der Waals surface area contributed by atoms with E-state index in [4.69, 9.17) is 0 Å². The first kappa shape index (κ1) is 12.0. The highest BCUT2D eigenvalue weighted by molar-refractivity contribution is 9.10. The summed E-state index contributed by atoms with van der Waals surface area (Å²) in [5.41, 5.74) is 1.13. The van der Waals surface area contributed by atoms with Crippen LogP contribution < -0.4 is 4.90 Å². The Labute approximate surface area is 110 Å². The first-order valence-corrected chi connectivity index (χ1v) is 6.30. The Balaban J connectivity index is 2.43. The summed E-state index contributed by atoms with van der Waals surface area (Å²) in [5, 5.41) is 0. The smallest absolute Gasteiger partial charge is 0.198 e. The molecule has 2 rings (SSSR count). The largest absolute Gasteiger partial charge is 0.324 e. The maximum Gasteiger partial charge on any atom is 0.198 e. The molecule has 4 heteroatoms. The van der Waals surface area contributed by atoms with Gasteiger partial charge in [-0.2, -0.15) is 0 Å². The Morgan fingerprint density at radius 2 is 1.82 bits per heavy atom. The molecule has 0 N–H and O–H groups in total. The summed E-state index contributed by atoms with van der Waals surface area (Å²) in [6.45, 7) is 4.28. The van der Waals surface area contributed by atoms with E-state index in [0.717, 1.165) is 11.5 Å². The molecule has 1 aromatic heterocycles. The summed E-state index contributed by atoms with van der Waals surface area (Å²) >= 11 is 3.30. The lowest BCUT2D eigenvalue weighted by Crippen LogP contribution is -2.26. The summed E-state index contributed by atoms with van der Waals surface area (Å²) in [7, 11) is 0. The molecule has 0 aliphatic rings. The normalized spacial score (nSPS) is 10.6. The van der Waals surface area contributed by atoms with Gasteiger partial charge < -0.3 is 4.90 Å². The van der Waals surface area contributed by atoms with Crippen LogP contribution >= 0.6 is 15.9 Å². The van der Waals surface area contributed by atoms with Crippen molar-refractivity contribution in [2.24, 2.45) is 0 Å². The van der Waals surface area contributed by atoms with Crippen LogP contribution in [0.3, 0.4) is 0 Å². The van der Waals surface area contributed by atoms with Crippen LogP contribution in [0.4, 0.5) is 11.5 Å². The van der Waals surface area contributed by atoms with Gasteiger partial charge in [0.15, 0.2) is 4.73 Å². The van der Waals surface area contributed by atoms with Crippen LogP contribution in [0, 0.1) is 0 Å². The summed E-state index contributed by atoms with van der Waals surface area (Å²) in [6, 6.07) is 12.5. The molecule has 1 heterocycles. The third kappa shape index (κ3) is 2.82. The van der Waals surface area contributed by atoms with Crippen molar-refractivity contribution < 1.29 is 0 Å². The summed E-state index contributed by atoms with van der Waals surface area (Å²) in [6.07, 6.45) is 1.75. The van der Waals surface area contributed by atoms with Crippen LogP contribution in [0.1, 0.15) is 13.8 Å². The quantitative estimate of drug-likeness (QED) is 0.806. The van der Waals surface area contributed by atoms with Crippen LogP contribution in [-0.2, 0) is 0 Å². The Morgan fingerprint density at radius 1 is 1.12 bits per heavy atom. The maximum absolute atomic E-state index is 4.40. The molecule has 2 aromatic rings. The SMILES string of the molecule is CC(C)N(c1ccccc1)c1ccnc(Br)n1. The van der Waals surface area contributed by atoms with E-state index in [-0.39, 0.29) is 0 Å². The monoisotopic (exact) mass is 291 g/mol. The molecule has 0 bridgehead atoms. The topological polar surface area (TPSA) is 29.0 Å². The maximum atomic E-state index is 4.40. The first-order valence-electron chi connectivity index (χ1n) is 5.51. The number of anilines is 2. The van der Waals surface area contributed by atoms with Gasteiger partial charge in [0, 0.05) is 17.9 Å². The molecule has 0 saturated carbocycles. The lowest BCUT2D eigenvalue weighted by atomic mass is 10.2. The molecule has 0 aliphatic carbocycles. The second-order valence-corrected chi connectivity index (χ2v) is 4.69. The zero-order valence-corrected chi connectivity index (χ0v) is 11.4. The fourth-order valence-electron chi connectivity index (χ4n) is 1.74. The molecule has 0 atom stereocenters. The molecule has 17 heavy (non-hydrogen) atoms. The molecule has 0 aliphatic heterocycles. The molecular weight excluding hydrogens is 278 g/mol. The van der Waals surface area contributed by atoms with E-state index in [1.807, 2.05) is 24.3 Å². The van der Waals surface area contributed by atoms with E-state index in [0.29, 0.717) is 10.8 Å². The highest BCUT2D eigenvalue weighted by Gasteiger charge is 2.14. The van der Waals surface area contributed by atoms with Crippen LogP contribution in [0.2, 0.25) is 0 Å². The molecule has 1 aromatic carbocycles. The molecule has 3 nitrogen and oxygen atoms in total. The zero-order valence-electron chi connectivity index (χ0n) is 9.84. The van der Waals surface area contributed by atoms with Gasteiger partial charge in [0.1, 0.15) is 5.82 Å². The van der Waals surface area contributed by atoms with Crippen molar-refractivity contribution in [3.8, 4) is 0 Å². The highest BCUT2D eigenvalue weighted by atomic mass is 79.9. The van der Waals surface area contributed by atoms with E-state index in [9.17, 15) is 0 Å². The van der Waals surface area contributed by atoms with Crippen molar-refractivity contribution >= 4 is 27.4 Å². The van der Waals surface area contributed by atoms with Gasteiger partial charge in [0.2, 0.25) is 0 Å². The van der Waals surface area contributed by atoms with Crippen molar-refractivity contribution in [2.45, 2.75) is 19.9 Å². The Hall–Kier alpha value is -1.42. The van der Waals surface area contributed by atoms with E-state index in [1.54, 1.807) is 6.20 Å². The number of rotatable bonds is 3. The van der Waals surface area contributed by atoms with Crippen molar-refractivity contribution in [2.75, 3.05) is 4.90 Å². The predicted octanol–water partition coefficient (Wildman–Crippen LogP) is 3.79. The number of hydrogen-bond donors (Lipinski definition) is 0. The number of aromatic nitrogens is 2. The van der Waals surface area contributed by atoms with E-state index >= 15 is 0 Å². The average molecular weight is 292 g/mol. The second kappa shape index (κ2) is 5.27. The van der Waals surface area contributed by atoms with Gasteiger partial charge in [0.05, 0.1) is 0 Å². The molecule has 0 fully saturated rings. The average Bonchev–Trinajstić information content (AvgIpc) is 2.30. The fourth-order valence-corrected chi connectivity index (χ4v) is 2.04. The minimum atomic E-state index is 0.333. The van der Waals surface area contributed by atoms with Crippen molar-refractivity contribution in [3.05, 3.63) is 47.3 Å². The molecular formula is C13H14BrN3. The third-order valence-corrected chi connectivity index (χ3v) is 2.79. The van der Waals surface area contributed by atoms with Crippen molar-refractivity contribution in [1.82, 2.24) is 9.97 Å². The van der Waals surface area contributed by atoms with E-state index in [1.165, 1.54) is 0 Å². The van der Waals surface area contributed by atoms with E-state index < -0.39 is 0 Å². The summed E-state index contributed by atoms with van der Waals surface area (Å²) in [4.78, 5) is 10.6. The van der Waals surface area contributed by atoms with Gasteiger partial charge in [-0.1, -0.05) is 18.2 Å². The third-order valence-electron chi connectivity index (χ3n) is 2.41. The minimum absolute atomic E-state index is 0.333. The van der Waals surface area contributed by atoms with Gasteiger partial charge in [-0.15, -0.1) is 0 Å². The molecule has 0 amide bonds. The number of nitrogens with zero attached hydrogens (tertiary/aromatic N) is 3. The molecule has 0 unspecified atom stereocenters. The van der Waals surface area contributed by atoms with Crippen LogP contribution in [0.15, 0.2) is 47.3 Å². The zero-order chi connectivity index (χ0) is 12.3. The lowest BCUT2D eigenvalue weighted by molar-refractivity contribution is 0.773. The number of hydrogen-bond acceptors (Lipinski definition) is 3. The van der Waals surface area contributed by atoms with Gasteiger partial charge in [-0.05, 0) is 48.0 Å². The van der Waals surface area contributed by atoms with Crippen LogP contribution in [0.25, 0.3) is 0 Å². The van der Waals surface area contributed by atoms with Crippen molar-refractivity contribution in [3.63, 3.8) is 0 Å². The van der Waals surface area contributed by atoms with E-state index in [2.05, 4.69) is 56.8 Å². The molecule has 88 valence electrons. The molecule has 0 spiro atoms. The second-order valence-electron chi connectivity index (χ2n) is 3.98. The van der Waals surface area contributed by atoms with Gasteiger partial charge in [0.25, 0.3) is 0 Å². The van der Waals surface area contributed by atoms with Crippen molar-refractivity contribution in [1.29, 1.82) is 0 Å². The minimum Gasteiger partial charge on any atom is -0.324 e. The number of para-hydroxylation sites is 1. The Morgan fingerprint density at radius 3 is 2.41 bits per heavy atom. The van der Waals surface area contributed by atoms with Gasteiger partial charge >= 0.3 is 0 Å². The lowest BCUT2D eigenvalue weighted by Gasteiger charge is -2.27. The first-order chi connectivity index (χ1) is 8.18. The van der Waals surface area contributed by atoms with Gasteiger partial charge in [-0.25, -0.2) is 9.97 Å². The summed E-state index contributed by atoms with van der Waals surface area (Å²) in [5.74, 6) is 0.896. The highest BCUT2D eigenvalue weighted by Crippen LogP contribution is 2.26. The predicted molar refractivity (Wildman–Crippen MR) is 73.4 cm³/mol. The Bertz CT molecular complexity index is 485. The summed E-state index contributed by atoms with van der Waals surface area (Å²) < 4.78 is 0.608. The van der Waals surface area contributed by atoms with Gasteiger partial charge in [-0.3, -0.25) is 0 Å². The Kier molecular flexibility index (Phi) is 3.74. The fraction of sp³-hybridized carbons (Fsp3) is 0.231. The molecule has 0 saturated heterocycles. The number of benzene rings is 1. The molecule has 0 radical (unpaired) electrons. The van der Waals surface area contributed by atoms with Crippen LogP contribution in [0.5, 0.6) is 0 Å². The van der Waals surface area contributed by atoms with Crippen LogP contribution in [-0.4, -0.2) is 16.0 Å². The number of halogens is 1. The standard InChI is InChI=1S/C13H14BrN3/c1-10(2)17(11-6-4-3-5-7-11)12-8-9-15-13(14)16-12/h3-10H,1-2H3.